The number of benzene rings is 1. The molecule has 2 aliphatic rings. The standard InChI is InChI=1S/C12H15NO2/c1-12(13,8-5-6-8)9-3-2-4-10-11(9)15-7-14-10/h2-4,8H,5-7,13H2,1H3. The minimum atomic E-state index is -0.279. The van der Waals surface area contributed by atoms with Gasteiger partial charge in [-0.3, -0.25) is 0 Å². The lowest BCUT2D eigenvalue weighted by Crippen LogP contribution is -2.35. The van der Waals surface area contributed by atoms with E-state index in [1.165, 1.54) is 12.8 Å². The lowest BCUT2D eigenvalue weighted by Gasteiger charge is -2.26. The summed E-state index contributed by atoms with van der Waals surface area (Å²) in [5.41, 5.74) is 7.19. The summed E-state index contributed by atoms with van der Waals surface area (Å²) in [6, 6.07) is 5.96. The van der Waals surface area contributed by atoms with E-state index in [-0.39, 0.29) is 5.54 Å². The van der Waals surface area contributed by atoms with Crippen molar-refractivity contribution in [1.82, 2.24) is 0 Å². The molecule has 3 rings (SSSR count). The number of hydrogen-bond acceptors (Lipinski definition) is 3. The Bertz CT molecular complexity index is 397. The van der Waals surface area contributed by atoms with Gasteiger partial charge in [-0.05, 0) is 31.7 Å². The number of para-hydroxylation sites is 1. The van der Waals surface area contributed by atoms with Crippen LogP contribution in [0.1, 0.15) is 25.3 Å². The minimum Gasteiger partial charge on any atom is -0.454 e. The van der Waals surface area contributed by atoms with E-state index < -0.39 is 0 Å². The zero-order valence-corrected chi connectivity index (χ0v) is 8.82. The molecule has 0 aromatic heterocycles. The Hall–Kier alpha value is -1.22. The third kappa shape index (κ3) is 1.30. The number of ether oxygens (including phenoxy) is 2. The van der Waals surface area contributed by atoms with Crippen LogP contribution in [0.25, 0.3) is 0 Å². The van der Waals surface area contributed by atoms with Crippen molar-refractivity contribution in [3.05, 3.63) is 23.8 Å². The highest BCUT2D eigenvalue weighted by Crippen LogP contribution is 2.49. The normalized spacial score (nSPS) is 22.5. The fraction of sp³-hybridized carbons (Fsp3) is 0.500. The van der Waals surface area contributed by atoms with Crippen LogP contribution in [0.5, 0.6) is 11.5 Å². The SMILES string of the molecule is CC(N)(c1cccc2c1OCO2)C1CC1. The molecule has 0 saturated heterocycles. The second-order valence-electron chi connectivity index (χ2n) is 4.60. The first-order valence-electron chi connectivity index (χ1n) is 5.37. The van der Waals surface area contributed by atoms with E-state index in [0.29, 0.717) is 12.7 Å². The molecule has 1 aromatic carbocycles. The van der Waals surface area contributed by atoms with E-state index in [1.54, 1.807) is 0 Å². The van der Waals surface area contributed by atoms with Crippen LogP contribution in [-0.4, -0.2) is 6.79 Å². The van der Waals surface area contributed by atoms with Gasteiger partial charge in [-0.15, -0.1) is 0 Å². The predicted octanol–water partition coefficient (Wildman–Crippen LogP) is 2.00. The zero-order valence-electron chi connectivity index (χ0n) is 8.82. The maximum Gasteiger partial charge on any atom is 0.231 e. The van der Waals surface area contributed by atoms with Gasteiger partial charge in [0.05, 0.1) is 0 Å². The summed E-state index contributed by atoms with van der Waals surface area (Å²) < 4.78 is 10.8. The van der Waals surface area contributed by atoms with Gasteiger partial charge in [0.15, 0.2) is 11.5 Å². The first kappa shape index (κ1) is 9.04. The third-order valence-corrected chi connectivity index (χ3v) is 3.40. The van der Waals surface area contributed by atoms with Crippen LogP contribution >= 0.6 is 0 Å². The minimum absolute atomic E-state index is 0.279. The number of hydrogen-bond donors (Lipinski definition) is 1. The molecule has 1 fully saturated rings. The molecule has 1 aliphatic heterocycles. The fourth-order valence-corrected chi connectivity index (χ4v) is 2.26. The van der Waals surface area contributed by atoms with Gasteiger partial charge in [-0.2, -0.15) is 0 Å². The fourth-order valence-electron chi connectivity index (χ4n) is 2.26. The average molecular weight is 205 g/mol. The predicted molar refractivity (Wildman–Crippen MR) is 56.8 cm³/mol. The van der Waals surface area contributed by atoms with Gasteiger partial charge in [0.1, 0.15) is 0 Å². The molecule has 0 bridgehead atoms. The Morgan fingerprint density at radius 1 is 1.33 bits per heavy atom. The first-order valence-corrected chi connectivity index (χ1v) is 5.37. The van der Waals surface area contributed by atoms with E-state index in [0.717, 1.165) is 17.1 Å². The van der Waals surface area contributed by atoms with Crippen LogP contribution in [0, 0.1) is 5.92 Å². The number of fused-ring (bicyclic) bond motifs is 1. The maximum atomic E-state index is 6.38. The molecule has 80 valence electrons. The Kier molecular flexibility index (Phi) is 1.74. The summed E-state index contributed by atoms with van der Waals surface area (Å²) in [5.74, 6) is 2.26. The van der Waals surface area contributed by atoms with E-state index in [4.69, 9.17) is 15.2 Å². The molecule has 1 saturated carbocycles. The first-order chi connectivity index (χ1) is 7.19. The molecule has 1 aromatic rings. The molecule has 1 atom stereocenters. The molecule has 3 heteroatoms. The highest BCUT2D eigenvalue weighted by molar-refractivity contribution is 5.51. The molecule has 15 heavy (non-hydrogen) atoms. The maximum absolute atomic E-state index is 6.38. The molecule has 3 nitrogen and oxygen atoms in total. The van der Waals surface area contributed by atoms with Crippen LogP contribution in [0.4, 0.5) is 0 Å². The zero-order chi connectivity index (χ0) is 10.5. The van der Waals surface area contributed by atoms with Gasteiger partial charge < -0.3 is 15.2 Å². The lowest BCUT2D eigenvalue weighted by atomic mass is 9.87. The van der Waals surface area contributed by atoms with Gasteiger partial charge in [0.25, 0.3) is 0 Å². The lowest BCUT2D eigenvalue weighted by molar-refractivity contribution is 0.172. The molecule has 1 aliphatic carbocycles. The van der Waals surface area contributed by atoms with Gasteiger partial charge >= 0.3 is 0 Å². The largest absolute Gasteiger partial charge is 0.454 e. The highest BCUT2D eigenvalue weighted by atomic mass is 16.7. The summed E-state index contributed by atoms with van der Waals surface area (Å²) >= 11 is 0. The van der Waals surface area contributed by atoms with Crippen molar-refractivity contribution in [2.45, 2.75) is 25.3 Å². The van der Waals surface area contributed by atoms with E-state index in [1.807, 2.05) is 18.2 Å². The summed E-state index contributed by atoms with van der Waals surface area (Å²) in [6.07, 6.45) is 2.44. The molecular formula is C12H15NO2. The van der Waals surface area contributed by atoms with Crippen LogP contribution in [-0.2, 0) is 5.54 Å². The molecule has 1 heterocycles. The molecule has 1 unspecified atom stereocenters. The van der Waals surface area contributed by atoms with Crippen LogP contribution in [0.15, 0.2) is 18.2 Å². The van der Waals surface area contributed by atoms with E-state index >= 15 is 0 Å². The quantitative estimate of drug-likeness (QED) is 0.803. The van der Waals surface area contributed by atoms with Gasteiger partial charge in [-0.25, -0.2) is 0 Å². The van der Waals surface area contributed by atoms with Crippen LogP contribution in [0.2, 0.25) is 0 Å². The molecule has 2 N–H and O–H groups in total. The average Bonchev–Trinajstić information content (AvgIpc) is 2.97. The third-order valence-electron chi connectivity index (χ3n) is 3.40. The topological polar surface area (TPSA) is 44.5 Å². The number of nitrogens with two attached hydrogens (primary N) is 1. The van der Waals surface area contributed by atoms with Crippen LogP contribution in [0.3, 0.4) is 0 Å². The molecule has 0 spiro atoms. The Balaban J connectivity index is 2.08. The summed E-state index contributed by atoms with van der Waals surface area (Å²) in [5, 5.41) is 0. The molecule has 0 radical (unpaired) electrons. The van der Waals surface area contributed by atoms with Gasteiger partial charge in [0, 0.05) is 11.1 Å². The van der Waals surface area contributed by atoms with Crippen molar-refractivity contribution in [3.63, 3.8) is 0 Å². The molecular weight excluding hydrogens is 190 g/mol. The van der Waals surface area contributed by atoms with Crippen LogP contribution < -0.4 is 15.2 Å². The van der Waals surface area contributed by atoms with Crippen molar-refractivity contribution < 1.29 is 9.47 Å². The summed E-state index contributed by atoms with van der Waals surface area (Å²) in [4.78, 5) is 0. The monoisotopic (exact) mass is 205 g/mol. The summed E-state index contributed by atoms with van der Waals surface area (Å²) in [6.45, 7) is 2.40. The van der Waals surface area contributed by atoms with E-state index in [9.17, 15) is 0 Å². The van der Waals surface area contributed by atoms with Crippen molar-refractivity contribution in [1.29, 1.82) is 0 Å². The second kappa shape index (κ2) is 2.89. The van der Waals surface area contributed by atoms with E-state index in [2.05, 4.69) is 6.92 Å². The van der Waals surface area contributed by atoms with Crippen molar-refractivity contribution in [3.8, 4) is 11.5 Å². The van der Waals surface area contributed by atoms with Crippen molar-refractivity contribution >= 4 is 0 Å². The number of rotatable bonds is 2. The Morgan fingerprint density at radius 2 is 2.13 bits per heavy atom. The second-order valence-corrected chi connectivity index (χ2v) is 4.60. The smallest absolute Gasteiger partial charge is 0.231 e. The Morgan fingerprint density at radius 3 is 2.87 bits per heavy atom. The highest BCUT2D eigenvalue weighted by Gasteiger charge is 2.42. The van der Waals surface area contributed by atoms with Crippen molar-refractivity contribution in [2.75, 3.05) is 6.79 Å². The van der Waals surface area contributed by atoms with Gasteiger partial charge in [-0.1, -0.05) is 12.1 Å². The Labute approximate surface area is 89.2 Å². The van der Waals surface area contributed by atoms with Crippen molar-refractivity contribution in [2.24, 2.45) is 11.7 Å². The summed E-state index contributed by atoms with van der Waals surface area (Å²) in [7, 11) is 0. The molecule has 0 amide bonds. The van der Waals surface area contributed by atoms with Gasteiger partial charge in [0.2, 0.25) is 6.79 Å².